The van der Waals surface area contributed by atoms with Crippen LogP contribution in [0.4, 0.5) is 4.79 Å². The molecular weight excluding hydrogens is 387 g/mol. The van der Waals surface area contributed by atoms with Crippen LogP contribution in [0.5, 0.6) is 0 Å². The van der Waals surface area contributed by atoms with Crippen LogP contribution in [0.3, 0.4) is 0 Å². The van der Waals surface area contributed by atoms with Crippen LogP contribution in [0.2, 0.25) is 0 Å². The molecule has 1 fully saturated rings. The van der Waals surface area contributed by atoms with Gasteiger partial charge in [-0.3, -0.25) is 4.90 Å². The molecule has 7 nitrogen and oxygen atoms in total. The van der Waals surface area contributed by atoms with Crippen LogP contribution in [-0.4, -0.2) is 44.9 Å². The molecule has 0 spiro atoms. The van der Waals surface area contributed by atoms with Crippen LogP contribution < -0.4 is 5.73 Å². The minimum absolute atomic E-state index is 0.00115. The number of primary amides is 1. The molecule has 0 unspecified atom stereocenters. The molecule has 0 aliphatic carbocycles. The molecule has 118 valence electrons. The van der Waals surface area contributed by atoms with Gasteiger partial charge in [-0.15, -0.1) is 0 Å². The first-order chi connectivity index (χ1) is 9.90. The summed E-state index contributed by atoms with van der Waals surface area (Å²) >= 11 is 2.17. The number of H-pyrrole nitrogens is 1. The van der Waals surface area contributed by atoms with Gasteiger partial charge in [0.1, 0.15) is 18.2 Å². The molecule has 1 aromatic rings. The highest BCUT2D eigenvalue weighted by Crippen LogP contribution is 2.33. The highest BCUT2D eigenvalue weighted by molar-refractivity contribution is 14.1. The average molecular weight is 408 g/mol. The second-order valence-corrected chi connectivity index (χ2v) is 6.73. The molecule has 3 atom stereocenters. The molecule has 1 aliphatic heterocycles. The number of likely N-dealkylation sites (tertiary alicyclic amines) is 1. The summed E-state index contributed by atoms with van der Waals surface area (Å²) in [6, 6.07) is 0.00115. The zero-order chi connectivity index (χ0) is 15.6. The molecule has 1 amide bonds. The SMILES string of the molecule is CC(C)[C@H](OC(N)=O)[C@H](O)N1CCC[C@H]1c1ncc(I)[nH]1. The minimum Gasteiger partial charge on any atom is -0.442 e. The maximum absolute atomic E-state index is 11.0. The first kappa shape index (κ1) is 16.5. The molecule has 21 heavy (non-hydrogen) atoms. The van der Waals surface area contributed by atoms with Crippen molar-refractivity contribution >= 4 is 28.7 Å². The van der Waals surface area contributed by atoms with Crippen molar-refractivity contribution in [3.63, 3.8) is 0 Å². The Morgan fingerprint density at radius 3 is 2.90 bits per heavy atom. The quantitative estimate of drug-likeness (QED) is 0.642. The molecule has 4 N–H and O–H groups in total. The predicted molar refractivity (Wildman–Crippen MR) is 85.3 cm³/mol. The van der Waals surface area contributed by atoms with Crippen LogP contribution in [0, 0.1) is 9.62 Å². The lowest BCUT2D eigenvalue weighted by Gasteiger charge is -2.34. The zero-order valence-corrected chi connectivity index (χ0v) is 14.3. The zero-order valence-electron chi connectivity index (χ0n) is 12.1. The summed E-state index contributed by atoms with van der Waals surface area (Å²) in [5, 5.41) is 10.6. The van der Waals surface area contributed by atoms with Gasteiger partial charge in [-0.25, -0.2) is 9.78 Å². The fourth-order valence-electron chi connectivity index (χ4n) is 2.75. The molecule has 0 bridgehead atoms. The van der Waals surface area contributed by atoms with Gasteiger partial charge < -0.3 is 20.6 Å². The van der Waals surface area contributed by atoms with Crippen molar-refractivity contribution < 1.29 is 14.6 Å². The number of amides is 1. The van der Waals surface area contributed by atoms with Crippen LogP contribution in [0.25, 0.3) is 0 Å². The molecule has 2 rings (SSSR count). The summed E-state index contributed by atoms with van der Waals surface area (Å²) in [7, 11) is 0. The molecule has 1 aliphatic rings. The number of aliphatic hydroxyl groups is 1. The monoisotopic (exact) mass is 408 g/mol. The molecular formula is C13H21IN4O3. The Kier molecular flexibility index (Phi) is 5.44. The number of rotatable bonds is 5. The van der Waals surface area contributed by atoms with Gasteiger partial charge in [-0.1, -0.05) is 13.8 Å². The Morgan fingerprint density at radius 1 is 1.67 bits per heavy atom. The lowest BCUT2D eigenvalue weighted by Crippen LogP contribution is -2.48. The average Bonchev–Trinajstić information content (AvgIpc) is 3.02. The Labute approximate surface area is 137 Å². The molecule has 2 heterocycles. The topological polar surface area (TPSA) is 104 Å². The Balaban J connectivity index is 2.15. The summed E-state index contributed by atoms with van der Waals surface area (Å²) in [5.41, 5.74) is 5.11. The van der Waals surface area contributed by atoms with Crippen LogP contribution in [-0.2, 0) is 4.74 Å². The Morgan fingerprint density at radius 2 is 2.38 bits per heavy atom. The maximum atomic E-state index is 11.0. The summed E-state index contributed by atoms with van der Waals surface area (Å²) in [4.78, 5) is 20.5. The third-order valence-electron chi connectivity index (χ3n) is 3.72. The number of hydrogen-bond donors (Lipinski definition) is 3. The van der Waals surface area contributed by atoms with E-state index in [0.29, 0.717) is 0 Å². The van der Waals surface area contributed by atoms with Gasteiger partial charge in [0.15, 0.2) is 0 Å². The van der Waals surface area contributed by atoms with Crippen LogP contribution in [0.1, 0.15) is 38.6 Å². The van der Waals surface area contributed by atoms with Gasteiger partial charge in [-0.05, 0) is 41.4 Å². The van der Waals surface area contributed by atoms with Gasteiger partial charge in [0, 0.05) is 6.54 Å². The van der Waals surface area contributed by atoms with Crippen molar-refractivity contribution in [1.29, 1.82) is 0 Å². The van der Waals surface area contributed by atoms with Gasteiger partial charge in [0.25, 0.3) is 0 Å². The standard InChI is InChI=1S/C13H21IN4O3/c1-7(2)10(21-13(15)20)12(19)18-5-3-4-8(18)11-16-6-9(14)17-11/h6-8,10,12,19H,3-5H2,1-2H3,(H2,15,20)(H,16,17)/t8-,10-,12-/m0/s1. The minimum atomic E-state index is -0.896. The summed E-state index contributed by atoms with van der Waals surface area (Å²) < 4.78 is 6.05. The van der Waals surface area contributed by atoms with Gasteiger partial charge in [0.2, 0.25) is 0 Å². The lowest BCUT2D eigenvalue weighted by atomic mass is 10.0. The van der Waals surface area contributed by atoms with E-state index in [1.54, 1.807) is 6.20 Å². The number of carbonyl (C=O) groups excluding carboxylic acids is 1. The first-order valence-corrected chi connectivity index (χ1v) is 8.08. The van der Waals surface area contributed by atoms with Gasteiger partial charge in [0.05, 0.1) is 15.9 Å². The number of ether oxygens (including phenoxy) is 1. The summed E-state index contributed by atoms with van der Waals surface area (Å²) in [6.45, 7) is 4.50. The van der Waals surface area contributed by atoms with E-state index in [4.69, 9.17) is 10.5 Å². The molecule has 0 saturated carbocycles. The van der Waals surface area contributed by atoms with E-state index in [2.05, 4.69) is 32.6 Å². The van der Waals surface area contributed by atoms with E-state index in [1.165, 1.54) is 0 Å². The largest absolute Gasteiger partial charge is 0.442 e. The molecule has 8 heteroatoms. The van der Waals surface area contributed by atoms with E-state index in [-0.39, 0.29) is 12.0 Å². The second-order valence-electron chi connectivity index (χ2n) is 5.57. The predicted octanol–water partition coefficient (Wildman–Crippen LogP) is 1.59. The molecule has 1 aromatic heterocycles. The van der Waals surface area contributed by atoms with Crippen molar-refractivity contribution in [2.45, 2.75) is 45.1 Å². The number of nitrogens with zero attached hydrogens (tertiary/aromatic N) is 2. The van der Waals surface area contributed by atoms with E-state index < -0.39 is 18.4 Å². The van der Waals surface area contributed by atoms with Crippen molar-refractivity contribution in [3.8, 4) is 0 Å². The third kappa shape index (κ3) is 3.86. The van der Waals surface area contributed by atoms with Crippen LogP contribution in [0.15, 0.2) is 6.20 Å². The fourth-order valence-corrected chi connectivity index (χ4v) is 3.16. The number of hydrogen-bond acceptors (Lipinski definition) is 5. The van der Waals surface area contributed by atoms with Crippen LogP contribution >= 0.6 is 22.6 Å². The van der Waals surface area contributed by atoms with E-state index >= 15 is 0 Å². The van der Waals surface area contributed by atoms with Crippen molar-refractivity contribution in [1.82, 2.24) is 14.9 Å². The first-order valence-electron chi connectivity index (χ1n) is 7.00. The third-order valence-corrected chi connectivity index (χ3v) is 4.27. The lowest BCUT2D eigenvalue weighted by molar-refractivity contribution is -0.107. The molecule has 0 aromatic carbocycles. The van der Waals surface area contributed by atoms with Gasteiger partial charge in [-0.2, -0.15) is 0 Å². The number of imidazole rings is 1. The number of aromatic nitrogens is 2. The number of halogens is 1. The number of nitrogens with one attached hydrogen (secondary N) is 1. The Hall–Kier alpha value is -0.870. The van der Waals surface area contributed by atoms with E-state index in [1.807, 2.05) is 18.7 Å². The highest BCUT2D eigenvalue weighted by Gasteiger charge is 2.38. The smallest absolute Gasteiger partial charge is 0.404 e. The Bertz CT molecular complexity index is 494. The van der Waals surface area contributed by atoms with Crippen molar-refractivity contribution in [3.05, 3.63) is 15.7 Å². The van der Waals surface area contributed by atoms with E-state index in [0.717, 1.165) is 28.9 Å². The molecule has 0 radical (unpaired) electrons. The number of nitrogens with two attached hydrogens (primary N) is 1. The second kappa shape index (κ2) is 6.93. The number of aromatic amines is 1. The van der Waals surface area contributed by atoms with Crippen molar-refractivity contribution in [2.75, 3.05) is 6.54 Å². The van der Waals surface area contributed by atoms with Gasteiger partial charge >= 0.3 is 6.09 Å². The fraction of sp³-hybridized carbons (Fsp3) is 0.692. The van der Waals surface area contributed by atoms with Crippen molar-refractivity contribution in [2.24, 2.45) is 11.7 Å². The summed E-state index contributed by atoms with van der Waals surface area (Å²) in [5.74, 6) is 0.794. The van der Waals surface area contributed by atoms with E-state index in [9.17, 15) is 9.90 Å². The normalized spacial score (nSPS) is 22.4. The highest BCUT2D eigenvalue weighted by atomic mass is 127. The summed E-state index contributed by atoms with van der Waals surface area (Å²) in [6.07, 6.45) is 1.21. The number of carbonyl (C=O) groups is 1. The number of aliphatic hydroxyl groups excluding tert-OH is 1. The maximum Gasteiger partial charge on any atom is 0.404 e. The molecule has 1 saturated heterocycles.